The van der Waals surface area contributed by atoms with Gasteiger partial charge in [-0.05, 0) is 73.3 Å². The summed E-state index contributed by atoms with van der Waals surface area (Å²) in [5.41, 5.74) is 0.813. The highest BCUT2D eigenvalue weighted by atomic mass is 35.5. The second-order valence-electron chi connectivity index (χ2n) is 7.38. The van der Waals surface area contributed by atoms with Gasteiger partial charge in [0.15, 0.2) is 6.04 Å². The van der Waals surface area contributed by atoms with Crippen LogP contribution in [0.2, 0.25) is 5.02 Å². The lowest BCUT2D eigenvalue weighted by Crippen LogP contribution is -2.40. The Bertz CT molecular complexity index is 952. The fourth-order valence-corrected chi connectivity index (χ4v) is 4.77. The third-order valence-electron chi connectivity index (χ3n) is 5.42. The summed E-state index contributed by atoms with van der Waals surface area (Å²) in [4.78, 5) is 18.1. The lowest BCUT2D eigenvalue weighted by Gasteiger charge is -2.27. The number of tetrazole rings is 1. The molecule has 1 N–H and O–H groups in total. The molecular formula is C21H25ClN6OS. The number of nitrogens with zero attached hydrogens (tertiary/aromatic N) is 5. The summed E-state index contributed by atoms with van der Waals surface area (Å²) in [6, 6.07) is 11.2. The van der Waals surface area contributed by atoms with Gasteiger partial charge in [0, 0.05) is 22.0 Å². The molecule has 0 radical (unpaired) electrons. The Morgan fingerprint density at radius 1 is 1.23 bits per heavy atom. The summed E-state index contributed by atoms with van der Waals surface area (Å²) in [5.74, 6) is 0.393. The average Bonchev–Trinajstić information content (AvgIpc) is 3.53. The number of likely N-dealkylation sites (tertiary alicyclic amines) is 1. The highest BCUT2D eigenvalue weighted by molar-refractivity contribution is 7.10. The minimum Gasteiger partial charge on any atom is -0.352 e. The predicted octanol–water partition coefficient (Wildman–Crippen LogP) is 3.96. The van der Waals surface area contributed by atoms with E-state index < -0.39 is 6.04 Å². The maximum absolute atomic E-state index is 13.0. The van der Waals surface area contributed by atoms with Crippen LogP contribution >= 0.6 is 22.9 Å². The van der Waals surface area contributed by atoms with Gasteiger partial charge in [-0.3, -0.25) is 9.69 Å². The smallest absolute Gasteiger partial charge is 0.246 e. The number of nitrogens with one attached hydrogen (secondary N) is 1. The molecule has 0 saturated carbocycles. The van der Waals surface area contributed by atoms with E-state index in [1.807, 2.05) is 19.1 Å². The highest BCUT2D eigenvalue weighted by Gasteiger charge is 2.27. The van der Waals surface area contributed by atoms with E-state index in [4.69, 9.17) is 11.6 Å². The maximum Gasteiger partial charge on any atom is 0.246 e. The predicted molar refractivity (Wildman–Crippen MR) is 118 cm³/mol. The number of carbonyl (C=O) groups is 1. The molecule has 1 aliphatic rings. The third-order valence-corrected chi connectivity index (χ3v) is 6.65. The van der Waals surface area contributed by atoms with Crippen LogP contribution in [0.25, 0.3) is 11.4 Å². The van der Waals surface area contributed by atoms with Crippen molar-refractivity contribution >= 4 is 28.8 Å². The summed E-state index contributed by atoms with van der Waals surface area (Å²) in [6.07, 6.45) is 3.00. The van der Waals surface area contributed by atoms with Gasteiger partial charge in [0.1, 0.15) is 0 Å². The minimum atomic E-state index is -0.499. The van der Waals surface area contributed by atoms with Crippen LogP contribution < -0.4 is 5.32 Å². The molecule has 0 bridgehead atoms. The van der Waals surface area contributed by atoms with Gasteiger partial charge in [0.25, 0.3) is 0 Å². The van der Waals surface area contributed by atoms with Crippen LogP contribution in [0.3, 0.4) is 0 Å². The zero-order valence-electron chi connectivity index (χ0n) is 16.9. The quantitative estimate of drug-likeness (QED) is 0.569. The van der Waals surface area contributed by atoms with E-state index in [0.717, 1.165) is 18.7 Å². The Hall–Kier alpha value is -2.29. The van der Waals surface area contributed by atoms with Gasteiger partial charge in [-0.15, -0.1) is 21.5 Å². The number of hydrogen-bond donors (Lipinski definition) is 1. The zero-order chi connectivity index (χ0) is 20.9. The first-order chi connectivity index (χ1) is 14.7. The molecule has 1 aromatic carbocycles. The van der Waals surface area contributed by atoms with E-state index in [2.05, 4.69) is 43.1 Å². The summed E-state index contributed by atoms with van der Waals surface area (Å²) in [6.45, 7) is 4.68. The van der Waals surface area contributed by atoms with E-state index >= 15 is 0 Å². The van der Waals surface area contributed by atoms with Crippen LogP contribution in [0.4, 0.5) is 0 Å². The van der Waals surface area contributed by atoms with Crippen molar-refractivity contribution in [1.29, 1.82) is 0 Å². The molecular weight excluding hydrogens is 420 g/mol. The topological polar surface area (TPSA) is 75.9 Å². The van der Waals surface area contributed by atoms with Gasteiger partial charge in [-0.1, -0.05) is 24.6 Å². The summed E-state index contributed by atoms with van der Waals surface area (Å²) >= 11 is 7.69. The van der Waals surface area contributed by atoms with E-state index in [1.165, 1.54) is 22.5 Å². The molecule has 4 rings (SSSR count). The molecule has 158 valence electrons. The first-order valence-corrected chi connectivity index (χ1v) is 11.5. The van der Waals surface area contributed by atoms with E-state index in [1.54, 1.807) is 23.5 Å². The molecule has 0 unspecified atom stereocenters. The van der Waals surface area contributed by atoms with Crippen molar-refractivity contribution in [3.05, 3.63) is 51.7 Å². The Labute approximate surface area is 185 Å². The maximum atomic E-state index is 13.0. The van der Waals surface area contributed by atoms with Gasteiger partial charge in [0.2, 0.25) is 11.7 Å². The van der Waals surface area contributed by atoms with E-state index in [9.17, 15) is 4.79 Å². The van der Waals surface area contributed by atoms with Crippen molar-refractivity contribution in [2.75, 3.05) is 19.6 Å². The van der Waals surface area contributed by atoms with Crippen molar-refractivity contribution in [2.24, 2.45) is 0 Å². The number of halogens is 1. The molecule has 1 aliphatic heterocycles. The van der Waals surface area contributed by atoms with Gasteiger partial charge in [0.05, 0.1) is 6.04 Å². The molecule has 3 aromatic rings. The Morgan fingerprint density at radius 2 is 2.00 bits per heavy atom. The third kappa shape index (κ3) is 4.71. The lowest BCUT2D eigenvalue weighted by molar-refractivity contribution is -0.125. The molecule has 7 nitrogen and oxygen atoms in total. The van der Waals surface area contributed by atoms with Gasteiger partial charge < -0.3 is 5.32 Å². The number of carbonyl (C=O) groups excluding carboxylic acids is 1. The molecule has 0 aliphatic carbocycles. The van der Waals surface area contributed by atoms with Crippen LogP contribution in [-0.2, 0) is 4.79 Å². The lowest BCUT2D eigenvalue weighted by atomic mass is 10.2. The second kappa shape index (κ2) is 9.68. The van der Waals surface area contributed by atoms with Crippen LogP contribution in [0, 0.1) is 0 Å². The van der Waals surface area contributed by atoms with Gasteiger partial charge >= 0.3 is 0 Å². The van der Waals surface area contributed by atoms with E-state index in [-0.39, 0.29) is 11.9 Å². The first kappa shape index (κ1) is 21.0. The normalized spacial score (nSPS) is 16.5. The number of aromatic nitrogens is 4. The highest BCUT2D eigenvalue weighted by Crippen LogP contribution is 2.28. The number of rotatable bonds is 8. The largest absolute Gasteiger partial charge is 0.352 e. The molecule has 3 heterocycles. The van der Waals surface area contributed by atoms with Crippen molar-refractivity contribution in [3.63, 3.8) is 0 Å². The fraction of sp³-hybridized carbons (Fsp3) is 0.429. The summed E-state index contributed by atoms with van der Waals surface area (Å²) < 4.78 is 0. The number of hydrogen-bond acceptors (Lipinski definition) is 6. The molecule has 0 spiro atoms. The monoisotopic (exact) mass is 444 g/mol. The minimum absolute atomic E-state index is 0.0849. The molecule has 2 atom stereocenters. The fourth-order valence-electron chi connectivity index (χ4n) is 3.78. The Kier molecular flexibility index (Phi) is 6.76. The molecule has 1 saturated heterocycles. The van der Waals surface area contributed by atoms with Gasteiger partial charge in [-0.25, -0.2) is 0 Å². The summed E-state index contributed by atoms with van der Waals surface area (Å²) in [7, 11) is 0. The number of benzene rings is 1. The van der Waals surface area contributed by atoms with Crippen molar-refractivity contribution in [2.45, 2.75) is 38.3 Å². The van der Waals surface area contributed by atoms with Crippen LogP contribution in [0.5, 0.6) is 0 Å². The second-order valence-corrected chi connectivity index (χ2v) is 8.80. The first-order valence-electron chi connectivity index (χ1n) is 10.3. The number of amides is 1. The van der Waals surface area contributed by atoms with E-state index in [0.29, 0.717) is 23.8 Å². The molecule has 30 heavy (non-hydrogen) atoms. The Balaban J connectivity index is 1.44. The number of thiophene rings is 1. The molecule has 1 fully saturated rings. The van der Waals surface area contributed by atoms with Crippen LogP contribution in [0.1, 0.15) is 43.1 Å². The standard InChI is InChI=1S/C21H25ClN6OS/c1-2-17(28-25-20(24-26-28)15-7-9-16(22)10-8-15)21(29)23-14-18(19-6-5-13-30-19)27-11-3-4-12-27/h5-10,13,17-18H,2-4,11-12,14H2,1H3,(H,23,29)/t17-,18+/m0/s1. The zero-order valence-corrected chi connectivity index (χ0v) is 18.4. The van der Waals surface area contributed by atoms with Crippen molar-refractivity contribution < 1.29 is 4.79 Å². The Morgan fingerprint density at radius 3 is 2.67 bits per heavy atom. The van der Waals surface area contributed by atoms with Crippen LogP contribution in [0.15, 0.2) is 41.8 Å². The van der Waals surface area contributed by atoms with Crippen LogP contribution in [-0.4, -0.2) is 50.6 Å². The van der Waals surface area contributed by atoms with Gasteiger partial charge in [-0.2, -0.15) is 4.80 Å². The molecule has 1 amide bonds. The van der Waals surface area contributed by atoms with Crippen molar-refractivity contribution in [3.8, 4) is 11.4 Å². The van der Waals surface area contributed by atoms with Crippen molar-refractivity contribution in [1.82, 2.24) is 30.4 Å². The summed E-state index contributed by atoms with van der Waals surface area (Å²) in [5, 5.41) is 18.6. The SMILES string of the molecule is CC[C@@H](C(=O)NC[C@H](c1cccs1)N1CCCC1)n1nnc(-c2ccc(Cl)cc2)n1. The molecule has 2 aromatic heterocycles. The average molecular weight is 445 g/mol. The molecule has 9 heteroatoms.